The van der Waals surface area contributed by atoms with Crippen molar-refractivity contribution in [1.82, 2.24) is 14.5 Å². The lowest BCUT2D eigenvalue weighted by atomic mass is 10.5. The van der Waals surface area contributed by atoms with Gasteiger partial charge in [0.15, 0.2) is 0 Å². The lowest BCUT2D eigenvalue weighted by molar-refractivity contribution is -0.121. The molecule has 0 fully saturated rings. The number of carbonyl (C=O) groups is 1. The molecule has 0 aliphatic heterocycles. The van der Waals surface area contributed by atoms with Crippen LogP contribution in [0.25, 0.3) is 0 Å². The van der Waals surface area contributed by atoms with Crippen LogP contribution < -0.4 is 11.0 Å². The Balaban J connectivity index is 2.50. The number of hydrogen-bond acceptors (Lipinski definition) is 3. The highest BCUT2D eigenvalue weighted by atomic mass is 16.5. The van der Waals surface area contributed by atoms with Gasteiger partial charge in [0, 0.05) is 32.6 Å². The van der Waals surface area contributed by atoms with Gasteiger partial charge in [0.2, 0.25) is 5.91 Å². The van der Waals surface area contributed by atoms with Gasteiger partial charge in [-0.25, -0.2) is 4.79 Å². The molecule has 0 radical (unpaired) electrons. The summed E-state index contributed by atoms with van der Waals surface area (Å²) in [5, 5.41) is 2.65. The monoisotopic (exact) mass is 227 g/mol. The summed E-state index contributed by atoms with van der Waals surface area (Å²) >= 11 is 0. The third-order valence-electron chi connectivity index (χ3n) is 2.20. The van der Waals surface area contributed by atoms with Crippen LogP contribution in [0.5, 0.6) is 0 Å². The molecule has 1 heterocycles. The average molecular weight is 227 g/mol. The van der Waals surface area contributed by atoms with E-state index in [1.54, 1.807) is 24.1 Å². The minimum absolute atomic E-state index is 0.0511. The van der Waals surface area contributed by atoms with Crippen molar-refractivity contribution in [3.8, 4) is 0 Å². The topological polar surface area (TPSA) is 65.3 Å². The molecule has 1 N–H and O–H groups in total. The van der Waals surface area contributed by atoms with Gasteiger partial charge in [0.25, 0.3) is 0 Å². The average Bonchev–Trinajstić information content (AvgIpc) is 2.60. The largest absolute Gasteiger partial charge is 0.383 e. The van der Waals surface area contributed by atoms with E-state index in [2.05, 4.69) is 5.32 Å². The minimum Gasteiger partial charge on any atom is -0.383 e. The van der Waals surface area contributed by atoms with Crippen molar-refractivity contribution in [3.05, 3.63) is 22.9 Å². The van der Waals surface area contributed by atoms with Gasteiger partial charge in [0.05, 0.1) is 6.61 Å². The molecule has 0 aromatic carbocycles. The second-order valence-corrected chi connectivity index (χ2v) is 3.34. The number of aromatic nitrogens is 2. The molecule has 1 aromatic rings. The number of nitrogens with zero attached hydrogens (tertiary/aromatic N) is 2. The Labute approximate surface area is 93.8 Å². The summed E-state index contributed by atoms with van der Waals surface area (Å²) in [4.78, 5) is 23.0. The lowest BCUT2D eigenvalue weighted by Gasteiger charge is -2.04. The van der Waals surface area contributed by atoms with Crippen LogP contribution in [0.1, 0.15) is 6.92 Å². The molecule has 0 spiro atoms. The second kappa shape index (κ2) is 6.12. The second-order valence-electron chi connectivity index (χ2n) is 3.34. The van der Waals surface area contributed by atoms with Gasteiger partial charge in [-0.2, -0.15) is 0 Å². The minimum atomic E-state index is -0.187. The number of aryl methyl sites for hydroxylation is 1. The van der Waals surface area contributed by atoms with Crippen LogP contribution in [-0.2, 0) is 22.6 Å². The maximum absolute atomic E-state index is 11.6. The Bertz CT molecular complexity index is 394. The summed E-state index contributed by atoms with van der Waals surface area (Å²) in [6.45, 7) is 3.46. The van der Waals surface area contributed by atoms with Crippen molar-refractivity contribution >= 4 is 5.91 Å². The van der Waals surface area contributed by atoms with E-state index in [9.17, 15) is 9.59 Å². The maximum atomic E-state index is 11.6. The summed E-state index contributed by atoms with van der Waals surface area (Å²) in [7, 11) is 1.57. The quantitative estimate of drug-likeness (QED) is 0.662. The molecule has 1 amide bonds. The first kappa shape index (κ1) is 12.5. The maximum Gasteiger partial charge on any atom is 0.328 e. The first-order chi connectivity index (χ1) is 7.69. The molecule has 1 rings (SSSR count). The van der Waals surface area contributed by atoms with Crippen molar-refractivity contribution in [2.45, 2.75) is 20.0 Å². The number of imidazole rings is 1. The Morgan fingerprint density at radius 2 is 2.12 bits per heavy atom. The zero-order chi connectivity index (χ0) is 12.0. The Morgan fingerprint density at radius 3 is 2.69 bits per heavy atom. The molecule has 0 atom stereocenters. The van der Waals surface area contributed by atoms with Crippen LogP contribution in [0.2, 0.25) is 0 Å². The Morgan fingerprint density at radius 1 is 1.44 bits per heavy atom. The van der Waals surface area contributed by atoms with E-state index >= 15 is 0 Å². The first-order valence-electron chi connectivity index (χ1n) is 5.20. The molecule has 0 saturated heterocycles. The van der Waals surface area contributed by atoms with Gasteiger partial charge in [0.1, 0.15) is 6.54 Å². The van der Waals surface area contributed by atoms with Gasteiger partial charge in [-0.3, -0.25) is 13.9 Å². The summed E-state index contributed by atoms with van der Waals surface area (Å²) in [6, 6.07) is 0. The number of ether oxygens (including phenoxy) is 1. The van der Waals surface area contributed by atoms with Crippen molar-refractivity contribution in [1.29, 1.82) is 0 Å². The highest BCUT2D eigenvalue weighted by molar-refractivity contribution is 5.75. The molecule has 0 aliphatic carbocycles. The molecule has 90 valence electrons. The van der Waals surface area contributed by atoms with E-state index in [4.69, 9.17) is 4.74 Å². The summed E-state index contributed by atoms with van der Waals surface area (Å²) in [5.41, 5.74) is -0.163. The molecule has 0 saturated carbocycles. The predicted molar refractivity (Wildman–Crippen MR) is 59.3 cm³/mol. The zero-order valence-corrected chi connectivity index (χ0v) is 9.60. The molecule has 16 heavy (non-hydrogen) atoms. The number of hydrogen-bond donors (Lipinski definition) is 1. The highest BCUT2D eigenvalue weighted by Gasteiger charge is 2.06. The fourth-order valence-corrected chi connectivity index (χ4v) is 1.32. The molecular formula is C10H17N3O3. The van der Waals surface area contributed by atoms with Crippen LogP contribution >= 0.6 is 0 Å². The molecule has 1 aromatic heterocycles. The van der Waals surface area contributed by atoms with Gasteiger partial charge in [-0.1, -0.05) is 0 Å². The lowest BCUT2D eigenvalue weighted by Crippen LogP contribution is -2.34. The van der Waals surface area contributed by atoms with E-state index in [-0.39, 0.29) is 18.1 Å². The summed E-state index contributed by atoms with van der Waals surface area (Å²) in [6.07, 6.45) is 3.28. The van der Waals surface area contributed by atoms with Crippen molar-refractivity contribution in [2.24, 2.45) is 0 Å². The van der Waals surface area contributed by atoms with E-state index in [0.717, 1.165) is 0 Å². The van der Waals surface area contributed by atoms with Gasteiger partial charge < -0.3 is 10.1 Å². The van der Waals surface area contributed by atoms with Crippen molar-refractivity contribution in [2.75, 3.05) is 20.3 Å². The number of carbonyl (C=O) groups excluding carboxylic acids is 1. The molecule has 6 nitrogen and oxygen atoms in total. The first-order valence-corrected chi connectivity index (χ1v) is 5.20. The smallest absolute Gasteiger partial charge is 0.328 e. The number of rotatable bonds is 6. The van der Waals surface area contributed by atoms with Crippen LogP contribution in [-0.4, -0.2) is 35.3 Å². The highest BCUT2D eigenvalue weighted by Crippen LogP contribution is 1.85. The molecule has 0 bridgehead atoms. The van der Waals surface area contributed by atoms with Gasteiger partial charge in [-0.15, -0.1) is 0 Å². The van der Waals surface area contributed by atoms with Gasteiger partial charge >= 0.3 is 5.69 Å². The van der Waals surface area contributed by atoms with Crippen LogP contribution in [0.3, 0.4) is 0 Å². The van der Waals surface area contributed by atoms with E-state index < -0.39 is 0 Å². The number of methoxy groups -OCH3 is 1. The third kappa shape index (κ3) is 3.23. The molecule has 0 aliphatic rings. The fourth-order valence-electron chi connectivity index (χ4n) is 1.32. The van der Waals surface area contributed by atoms with Crippen LogP contribution in [0.4, 0.5) is 0 Å². The molecule has 0 unspecified atom stereocenters. The standard InChI is InChI=1S/C10H17N3O3/c1-3-12-5-6-13(10(12)15)8-9(14)11-4-7-16-2/h5-6H,3-4,7-8H2,1-2H3,(H,11,14). The van der Waals surface area contributed by atoms with Crippen LogP contribution in [0.15, 0.2) is 17.2 Å². The zero-order valence-electron chi connectivity index (χ0n) is 9.60. The summed E-state index contributed by atoms with van der Waals surface area (Å²) in [5.74, 6) is -0.187. The molecule has 6 heteroatoms. The SMILES string of the molecule is CCn1ccn(CC(=O)NCCOC)c1=O. The molecular weight excluding hydrogens is 210 g/mol. The van der Waals surface area contributed by atoms with Crippen molar-refractivity contribution in [3.63, 3.8) is 0 Å². The Hall–Kier alpha value is -1.56. The van der Waals surface area contributed by atoms with E-state index in [1.807, 2.05) is 6.92 Å². The number of amides is 1. The van der Waals surface area contributed by atoms with E-state index in [1.165, 1.54) is 4.57 Å². The third-order valence-corrected chi connectivity index (χ3v) is 2.20. The Kier molecular flexibility index (Phi) is 4.78. The van der Waals surface area contributed by atoms with Crippen LogP contribution in [0, 0.1) is 0 Å². The fraction of sp³-hybridized carbons (Fsp3) is 0.600. The van der Waals surface area contributed by atoms with Crippen molar-refractivity contribution < 1.29 is 9.53 Å². The van der Waals surface area contributed by atoms with Gasteiger partial charge in [-0.05, 0) is 6.92 Å². The summed E-state index contributed by atoms with van der Waals surface area (Å²) < 4.78 is 7.72. The normalized spacial score (nSPS) is 10.4. The predicted octanol–water partition coefficient (Wildman–Crippen LogP) is -0.568. The number of nitrogens with one attached hydrogen (secondary N) is 1. The van der Waals surface area contributed by atoms with E-state index in [0.29, 0.717) is 19.7 Å².